The number of piperidine rings is 1. The lowest BCUT2D eigenvalue weighted by atomic mass is 10.1. The third-order valence-corrected chi connectivity index (χ3v) is 7.50. The van der Waals surface area contributed by atoms with Gasteiger partial charge in [0.2, 0.25) is 0 Å². The minimum Gasteiger partial charge on any atom is -0.350 e. The van der Waals surface area contributed by atoms with Gasteiger partial charge >= 0.3 is 0 Å². The van der Waals surface area contributed by atoms with Crippen LogP contribution in [-0.4, -0.2) is 50.1 Å². The van der Waals surface area contributed by atoms with Gasteiger partial charge in [0.15, 0.2) is 0 Å². The monoisotopic (exact) mass is 467 g/mol. The van der Waals surface area contributed by atoms with E-state index in [1.807, 2.05) is 25.7 Å². The van der Waals surface area contributed by atoms with Crippen LogP contribution in [0.2, 0.25) is 0 Å². The van der Waals surface area contributed by atoms with Gasteiger partial charge in [0.25, 0.3) is 11.8 Å². The number of carbonyl (C=O) groups excluding carboxylic acids is 2. The van der Waals surface area contributed by atoms with E-state index < -0.39 is 0 Å². The minimum atomic E-state index is -0.345. The zero-order valence-corrected chi connectivity index (χ0v) is 19.7. The second-order valence-electron chi connectivity index (χ2n) is 8.78. The van der Waals surface area contributed by atoms with Crippen molar-refractivity contribution in [3.05, 3.63) is 58.2 Å². The van der Waals surface area contributed by atoms with Crippen molar-refractivity contribution in [2.75, 3.05) is 6.54 Å². The number of hydrogen-bond acceptors (Lipinski definition) is 5. The molecule has 1 saturated heterocycles. The van der Waals surface area contributed by atoms with Gasteiger partial charge in [0, 0.05) is 25.3 Å². The number of amides is 2. The molecule has 2 amide bonds. The number of benzene rings is 1. The van der Waals surface area contributed by atoms with Gasteiger partial charge in [-0.25, -0.2) is 9.37 Å². The second kappa shape index (κ2) is 8.37. The van der Waals surface area contributed by atoms with Crippen molar-refractivity contribution in [2.24, 2.45) is 5.92 Å². The van der Waals surface area contributed by atoms with Crippen LogP contribution in [0.4, 0.5) is 4.39 Å². The standard InChI is InChI=1S/C24H26FN5O2S/c1-4-29-12-19(13(2)28-29)23(31)26-11-18-9-16-10-20(16)30(18)24(32)21-22(33-14(3)27-21)15-6-5-7-17(25)8-15/h5-8,12,16,18,20H,4,9-11H2,1-3H3,(H,26,31)/t16-,18+,20+/m1/s1. The maximum atomic E-state index is 13.8. The molecule has 1 aliphatic carbocycles. The number of halogens is 1. The van der Waals surface area contributed by atoms with Gasteiger partial charge in [0.05, 0.1) is 27.2 Å². The van der Waals surface area contributed by atoms with Gasteiger partial charge in [-0.3, -0.25) is 14.3 Å². The molecule has 0 bridgehead atoms. The van der Waals surface area contributed by atoms with Crippen LogP contribution in [0.25, 0.3) is 10.4 Å². The summed E-state index contributed by atoms with van der Waals surface area (Å²) in [5.74, 6) is -0.191. The van der Waals surface area contributed by atoms with E-state index in [9.17, 15) is 14.0 Å². The number of likely N-dealkylation sites (tertiary alicyclic amines) is 1. The normalized spacial score (nSPS) is 21.2. The Morgan fingerprint density at radius 2 is 2.09 bits per heavy atom. The van der Waals surface area contributed by atoms with E-state index >= 15 is 0 Å². The predicted octanol–water partition coefficient (Wildman–Crippen LogP) is 3.82. The average Bonchev–Trinajstić information content (AvgIpc) is 3.11. The Bertz CT molecular complexity index is 1240. The molecule has 5 rings (SSSR count). The maximum Gasteiger partial charge on any atom is 0.274 e. The molecule has 1 aromatic carbocycles. The van der Waals surface area contributed by atoms with Crippen molar-refractivity contribution < 1.29 is 14.0 Å². The number of rotatable bonds is 6. The summed E-state index contributed by atoms with van der Waals surface area (Å²) in [5.41, 5.74) is 2.27. The summed E-state index contributed by atoms with van der Waals surface area (Å²) in [6.07, 6.45) is 3.60. The van der Waals surface area contributed by atoms with Gasteiger partial charge in [0.1, 0.15) is 11.5 Å². The highest BCUT2D eigenvalue weighted by Crippen LogP contribution is 2.48. The molecule has 7 nitrogen and oxygen atoms in total. The Kier molecular flexibility index (Phi) is 5.52. The Hall–Kier alpha value is -3.07. The fourth-order valence-corrected chi connectivity index (χ4v) is 5.69. The topological polar surface area (TPSA) is 80.1 Å². The third-order valence-electron chi connectivity index (χ3n) is 6.48. The van der Waals surface area contributed by atoms with E-state index in [1.54, 1.807) is 23.0 Å². The Labute approximate surface area is 195 Å². The number of hydrogen-bond donors (Lipinski definition) is 1. The van der Waals surface area contributed by atoms with Crippen LogP contribution in [0, 0.1) is 25.6 Å². The molecule has 3 aromatic rings. The van der Waals surface area contributed by atoms with Crippen LogP contribution in [0.1, 0.15) is 51.3 Å². The summed E-state index contributed by atoms with van der Waals surface area (Å²) < 4.78 is 15.6. The first-order chi connectivity index (χ1) is 15.9. The zero-order chi connectivity index (χ0) is 23.3. The molecule has 172 valence electrons. The van der Waals surface area contributed by atoms with Crippen LogP contribution >= 0.6 is 11.3 Å². The number of aromatic nitrogens is 3. The van der Waals surface area contributed by atoms with E-state index in [0.717, 1.165) is 17.8 Å². The molecule has 0 unspecified atom stereocenters. The number of nitrogens with zero attached hydrogens (tertiary/aromatic N) is 4. The molecule has 2 aliphatic rings. The van der Waals surface area contributed by atoms with Gasteiger partial charge < -0.3 is 10.2 Å². The molecule has 33 heavy (non-hydrogen) atoms. The minimum absolute atomic E-state index is 0.0888. The smallest absolute Gasteiger partial charge is 0.274 e. The molecule has 9 heteroatoms. The van der Waals surface area contributed by atoms with Crippen molar-refractivity contribution in [1.82, 2.24) is 25.0 Å². The first-order valence-corrected chi connectivity index (χ1v) is 12.1. The number of nitrogens with one attached hydrogen (secondary N) is 1. The fourth-order valence-electron chi connectivity index (χ4n) is 4.79. The van der Waals surface area contributed by atoms with Gasteiger partial charge in [-0.15, -0.1) is 11.3 Å². The molecule has 2 aromatic heterocycles. The summed E-state index contributed by atoms with van der Waals surface area (Å²) in [7, 11) is 0. The van der Waals surface area contributed by atoms with Crippen molar-refractivity contribution in [3.8, 4) is 10.4 Å². The summed E-state index contributed by atoms with van der Waals surface area (Å²) in [6.45, 7) is 6.72. The Morgan fingerprint density at radius 3 is 2.82 bits per heavy atom. The predicted molar refractivity (Wildman–Crippen MR) is 124 cm³/mol. The van der Waals surface area contributed by atoms with Crippen LogP contribution in [0.5, 0.6) is 0 Å². The lowest BCUT2D eigenvalue weighted by molar-refractivity contribution is 0.0684. The van der Waals surface area contributed by atoms with Crippen molar-refractivity contribution in [2.45, 2.75) is 52.2 Å². The quantitative estimate of drug-likeness (QED) is 0.598. The van der Waals surface area contributed by atoms with E-state index in [0.29, 0.717) is 46.4 Å². The number of aryl methyl sites for hydroxylation is 3. The number of fused-ring (bicyclic) bond motifs is 1. The summed E-state index contributed by atoms with van der Waals surface area (Å²) >= 11 is 1.40. The van der Waals surface area contributed by atoms with Crippen LogP contribution in [0.3, 0.4) is 0 Å². The fraction of sp³-hybridized carbons (Fsp3) is 0.417. The first kappa shape index (κ1) is 21.8. The summed E-state index contributed by atoms with van der Waals surface area (Å²) in [6, 6.07) is 6.36. The Balaban J connectivity index is 1.35. The molecule has 0 radical (unpaired) electrons. The molecule has 3 atom stereocenters. The molecule has 3 heterocycles. The lowest BCUT2D eigenvalue weighted by Crippen LogP contribution is -2.45. The number of thiazole rings is 1. The summed E-state index contributed by atoms with van der Waals surface area (Å²) in [4.78, 5) is 33.5. The SMILES string of the molecule is CCn1cc(C(=O)NC[C@@H]2C[C@@H]3C[C@@H]3N2C(=O)c2nc(C)sc2-c2cccc(F)c2)c(C)n1. The third kappa shape index (κ3) is 4.06. The highest BCUT2D eigenvalue weighted by atomic mass is 32.1. The van der Waals surface area contributed by atoms with E-state index in [2.05, 4.69) is 15.4 Å². The molecule has 2 fully saturated rings. The molecular formula is C24H26FN5O2S. The molecule has 1 N–H and O–H groups in total. The maximum absolute atomic E-state index is 13.8. The molecule has 1 saturated carbocycles. The van der Waals surface area contributed by atoms with Crippen LogP contribution < -0.4 is 5.32 Å². The zero-order valence-electron chi connectivity index (χ0n) is 18.8. The van der Waals surface area contributed by atoms with Crippen molar-refractivity contribution in [1.29, 1.82) is 0 Å². The largest absolute Gasteiger partial charge is 0.350 e. The van der Waals surface area contributed by atoms with Crippen molar-refractivity contribution in [3.63, 3.8) is 0 Å². The van der Waals surface area contributed by atoms with Crippen LogP contribution in [0.15, 0.2) is 30.5 Å². The lowest BCUT2D eigenvalue weighted by Gasteiger charge is -2.27. The van der Waals surface area contributed by atoms with Crippen molar-refractivity contribution >= 4 is 23.2 Å². The van der Waals surface area contributed by atoms with E-state index in [1.165, 1.54) is 23.5 Å². The van der Waals surface area contributed by atoms with Gasteiger partial charge in [-0.1, -0.05) is 12.1 Å². The highest BCUT2D eigenvalue weighted by Gasteiger charge is 2.54. The molecular weight excluding hydrogens is 441 g/mol. The Morgan fingerprint density at radius 1 is 1.27 bits per heavy atom. The van der Waals surface area contributed by atoms with E-state index in [4.69, 9.17) is 0 Å². The first-order valence-electron chi connectivity index (χ1n) is 11.2. The van der Waals surface area contributed by atoms with Gasteiger partial charge in [-0.2, -0.15) is 5.10 Å². The highest BCUT2D eigenvalue weighted by molar-refractivity contribution is 7.15. The second-order valence-corrected chi connectivity index (χ2v) is 9.98. The summed E-state index contributed by atoms with van der Waals surface area (Å²) in [5, 5.41) is 8.10. The number of carbonyl (C=O) groups is 2. The molecule has 0 spiro atoms. The average molecular weight is 468 g/mol. The molecule has 1 aliphatic heterocycles. The van der Waals surface area contributed by atoms with Gasteiger partial charge in [-0.05, 0) is 57.2 Å². The van der Waals surface area contributed by atoms with E-state index in [-0.39, 0.29) is 29.7 Å². The van der Waals surface area contributed by atoms with Crippen LogP contribution in [-0.2, 0) is 6.54 Å².